The summed E-state index contributed by atoms with van der Waals surface area (Å²) < 4.78 is 44.8. The topological polar surface area (TPSA) is 173 Å². The van der Waals surface area contributed by atoms with E-state index < -0.39 is 105 Å². The highest BCUT2D eigenvalue weighted by atomic mass is 19.4. The first-order valence-electron chi connectivity index (χ1n) is 13.5. The average molecular weight is 596 g/mol. The Bertz CT molecular complexity index is 1480. The Morgan fingerprint density at radius 2 is 1.83 bits per heavy atom. The molecule has 0 bridgehead atoms. The molecule has 5 atom stereocenters. The molecule has 1 heterocycles. The zero-order chi connectivity index (χ0) is 31.3. The molecule has 0 aromatic heterocycles. The number of aliphatic hydroxyl groups excluding tert-OH is 2. The van der Waals surface area contributed by atoms with E-state index in [4.69, 9.17) is 5.73 Å². The Balaban J connectivity index is 1.77. The van der Waals surface area contributed by atoms with Crippen molar-refractivity contribution in [2.45, 2.75) is 36.7 Å². The van der Waals surface area contributed by atoms with E-state index in [0.29, 0.717) is 13.1 Å². The van der Waals surface area contributed by atoms with Crippen molar-refractivity contribution in [3.05, 3.63) is 45.2 Å². The Morgan fingerprint density at radius 1 is 1.19 bits per heavy atom. The molecule has 1 aromatic carbocycles. The number of piperazine rings is 1. The number of ketones is 2. The number of carbonyl (C=O) groups excluding carboxylic acids is 3. The highest BCUT2D eigenvalue weighted by Crippen LogP contribution is 2.55. The average Bonchev–Trinajstić information content (AvgIpc) is 2.84. The number of primary amides is 1. The van der Waals surface area contributed by atoms with Gasteiger partial charge in [-0.1, -0.05) is 0 Å². The molecule has 1 aromatic rings. The smallest absolute Gasteiger partial charge is 0.417 e. The van der Waals surface area contributed by atoms with Crippen molar-refractivity contribution < 1.29 is 52.5 Å². The minimum Gasteiger partial charge on any atom is -0.508 e. The number of nitrogens with one attached hydrogen (secondary N) is 1. The fourth-order valence-electron chi connectivity index (χ4n) is 7.44. The maximum absolute atomic E-state index is 14.9. The van der Waals surface area contributed by atoms with Gasteiger partial charge in [-0.25, -0.2) is 0 Å². The summed E-state index contributed by atoms with van der Waals surface area (Å²) in [7, 11) is 6.47. The number of benzene rings is 1. The third kappa shape index (κ3) is 4.07. The first-order valence-corrected chi connectivity index (χ1v) is 13.5. The summed E-state index contributed by atoms with van der Waals surface area (Å²) in [6, 6.07) is -1.07. The minimum absolute atomic E-state index is 0.156. The van der Waals surface area contributed by atoms with Gasteiger partial charge in [0.2, 0.25) is 5.78 Å². The van der Waals surface area contributed by atoms with Gasteiger partial charge in [-0.3, -0.25) is 19.3 Å². The third-order valence-electron chi connectivity index (χ3n) is 9.44. The standard InChI is InChI=1S/C28H33F3N4O7/c1-34(2)21-14-8-11-7-13-18(22(37)17(11)24(39)27(14,42)25(40)19(23(21)38)26(32)41)16(36)9-12(20(13)28(29,30)31)15-10-33-5-6-35(15,3)4/h9,11,14-15,21,33,42H,5-8,10H2,1-4H3,(H4-,32,36,37,38,39,40,41)/p+1. The Morgan fingerprint density at radius 3 is 2.38 bits per heavy atom. The van der Waals surface area contributed by atoms with Crippen LogP contribution in [0.3, 0.4) is 0 Å². The maximum Gasteiger partial charge on any atom is 0.417 e. The molecule has 7 N–H and O–H groups in total. The number of nitrogens with zero attached hydrogens (tertiary/aromatic N) is 2. The van der Waals surface area contributed by atoms with Crippen molar-refractivity contribution in [3.8, 4) is 5.75 Å². The molecule has 2 fully saturated rings. The van der Waals surface area contributed by atoms with Crippen molar-refractivity contribution in [1.82, 2.24) is 10.2 Å². The minimum atomic E-state index is -4.90. The number of alkyl halides is 3. The van der Waals surface area contributed by atoms with Gasteiger partial charge < -0.3 is 36.0 Å². The van der Waals surface area contributed by atoms with E-state index in [1.54, 1.807) is 14.1 Å². The summed E-state index contributed by atoms with van der Waals surface area (Å²) in [5, 5.41) is 48.1. The molecule has 228 valence electrons. The molecule has 4 aliphatic rings. The number of hydrogen-bond acceptors (Lipinski definition) is 9. The van der Waals surface area contributed by atoms with Gasteiger partial charge >= 0.3 is 6.18 Å². The molecule has 5 unspecified atom stereocenters. The highest BCUT2D eigenvalue weighted by Gasteiger charge is 2.64. The molecule has 1 aliphatic heterocycles. The summed E-state index contributed by atoms with van der Waals surface area (Å²) in [6.45, 7) is 1.32. The molecule has 1 saturated carbocycles. The summed E-state index contributed by atoms with van der Waals surface area (Å²) >= 11 is 0. The number of aromatic hydroxyl groups is 1. The van der Waals surface area contributed by atoms with E-state index >= 15 is 0 Å². The summed E-state index contributed by atoms with van der Waals surface area (Å²) in [5.41, 5.74) is -1.19. The van der Waals surface area contributed by atoms with Crippen molar-refractivity contribution in [2.24, 2.45) is 17.6 Å². The van der Waals surface area contributed by atoms with Crippen LogP contribution in [0.5, 0.6) is 5.75 Å². The number of fused-ring (bicyclic) bond motifs is 3. The molecule has 42 heavy (non-hydrogen) atoms. The molecule has 1 saturated heterocycles. The molecule has 3 aliphatic carbocycles. The number of nitrogens with two attached hydrogens (primary N) is 1. The van der Waals surface area contributed by atoms with Gasteiger partial charge in [-0.15, -0.1) is 0 Å². The quantitative estimate of drug-likeness (QED) is 0.217. The normalized spacial score (nSPS) is 31.2. The first-order chi connectivity index (χ1) is 19.4. The molecule has 1 amide bonds. The zero-order valence-corrected chi connectivity index (χ0v) is 23.5. The number of quaternary nitrogens is 1. The number of phenols is 1. The number of rotatable bonds is 3. The second-order valence-electron chi connectivity index (χ2n) is 12.4. The van der Waals surface area contributed by atoms with Crippen LogP contribution in [-0.4, -0.2) is 107 Å². The van der Waals surface area contributed by atoms with E-state index in [2.05, 4.69) is 5.32 Å². The number of hydrogen-bond donors (Lipinski definition) is 6. The monoisotopic (exact) mass is 595 g/mol. The lowest BCUT2D eigenvalue weighted by Crippen LogP contribution is -2.65. The molecular formula is C28H34F3N4O7+. The number of carbonyl (C=O) groups is 3. The van der Waals surface area contributed by atoms with Crippen LogP contribution in [-0.2, 0) is 27.0 Å². The summed E-state index contributed by atoms with van der Waals surface area (Å²) in [4.78, 5) is 40.6. The summed E-state index contributed by atoms with van der Waals surface area (Å²) in [5.74, 6) is -9.01. The Labute approximate surface area is 239 Å². The molecule has 11 nitrogen and oxygen atoms in total. The highest BCUT2D eigenvalue weighted by molar-refractivity contribution is 6.24. The number of likely N-dealkylation sites (N-methyl/N-ethyl adjacent to an activating group) is 2. The SMILES string of the molecule is CN(C)C1C(=O)C(C(N)=O)=C(O)C2(O)C(=O)C3=C(O)c4c(O)cc(C5CNCC[N+]5(C)C)c(C(F)(F)F)c4CC3CC12. The fraction of sp³-hybridized carbons (Fsp3) is 0.536. The van der Waals surface area contributed by atoms with E-state index in [1.165, 1.54) is 19.0 Å². The van der Waals surface area contributed by atoms with Crippen LogP contribution < -0.4 is 11.1 Å². The Hall–Kier alpha value is -3.46. The second-order valence-corrected chi connectivity index (χ2v) is 12.4. The van der Waals surface area contributed by atoms with Crippen molar-refractivity contribution in [2.75, 3.05) is 47.8 Å². The van der Waals surface area contributed by atoms with Crippen LogP contribution in [0.15, 0.2) is 23.0 Å². The van der Waals surface area contributed by atoms with Gasteiger partial charge in [0.15, 0.2) is 11.4 Å². The fourth-order valence-corrected chi connectivity index (χ4v) is 7.44. The van der Waals surface area contributed by atoms with Gasteiger partial charge in [-0.2, -0.15) is 13.2 Å². The van der Waals surface area contributed by atoms with Gasteiger partial charge in [0.1, 0.15) is 28.9 Å². The zero-order valence-electron chi connectivity index (χ0n) is 23.5. The van der Waals surface area contributed by atoms with Crippen LogP contribution in [0.1, 0.15) is 34.7 Å². The number of halogens is 3. The molecular weight excluding hydrogens is 561 g/mol. The number of aliphatic hydroxyl groups is 3. The second kappa shape index (κ2) is 9.53. The Kier molecular flexibility index (Phi) is 6.81. The van der Waals surface area contributed by atoms with Gasteiger partial charge in [0, 0.05) is 23.6 Å². The van der Waals surface area contributed by atoms with Crippen molar-refractivity contribution in [1.29, 1.82) is 0 Å². The van der Waals surface area contributed by atoms with Crippen molar-refractivity contribution >= 4 is 23.2 Å². The van der Waals surface area contributed by atoms with E-state index in [-0.39, 0.29) is 23.0 Å². The molecule has 0 spiro atoms. The summed E-state index contributed by atoms with van der Waals surface area (Å²) in [6.07, 6.45) is -5.65. The maximum atomic E-state index is 14.9. The lowest BCUT2D eigenvalue weighted by molar-refractivity contribution is -0.923. The van der Waals surface area contributed by atoms with Gasteiger partial charge in [0.05, 0.1) is 44.4 Å². The number of Topliss-reactive ketones (excluding diaryl/α,β-unsaturated/α-hetero) is 2. The van der Waals surface area contributed by atoms with Crippen LogP contribution in [0, 0.1) is 11.8 Å². The molecule has 5 rings (SSSR count). The van der Waals surface area contributed by atoms with E-state index in [9.17, 15) is 48.0 Å². The number of amides is 1. The van der Waals surface area contributed by atoms with Crippen LogP contribution in [0.25, 0.3) is 5.76 Å². The predicted molar refractivity (Wildman–Crippen MR) is 142 cm³/mol. The van der Waals surface area contributed by atoms with Gasteiger partial charge in [-0.05, 0) is 44.5 Å². The van der Waals surface area contributed by atoms with E-state index in [0.717, 1.165) is 6.07 Å². The van der Waals surface area contributed by atoms with Gasteiger partial charge in [0.25, 0.3) is 5.91 Å². The third-order valence-corrected chi connectivity index (χ3v) is 9.44. The number of phenolic OH excluding ortho intramolecular Hbond substituents is 1. The predicted octanol–water partition coefficient (Wildman–Crippen LogP) is 0.704. The lowest BCUT2D eigenvalue weighted by atomic mass is 9.57. The van der Waals surface area contributed by atoms with Crippen LogP contribution in [0.4, 0.5) is 13.2 Å². The van der Waals surface area contributed by atoms with Crippen LogP contribution in [0.2, 0.25) is 0 Å². The molecule has 14 heteroatoms. The van der Waals surface area contributed by atoms with Crippen LogP contribution >= 0.6 is 0 Å². The first kappa shape index (κ1) is 30.0. The lowest BCUT2D eigenvalue weighted by Gasteiger charge is -2.50. The largest absolute Gasteiger partial charge is 0.508 e. The molecule has 0 radical (unpaired) electrons. The van der Waals surface area contributed by atoms with Crippen molar-refractivity contribution in [3.63, 3.8) is 0 Å². The van der Waals surface area contributed by atoms with E-state index in [1.807, 2.05) is 0 Å².